The van der Waals surface area contributed by atoms with Crippen molar-refractivity contribution in [2.75, 3.05) is 13.7 Å². The van der Waals surface area contributed by atoms with Crippen molar-refractivity contribution in [3.8, 4) is 0 Å². The van der Waals surface area contributed by atoms with Gasteiger partial charge in [0.1, 0.15) is 0 Å². The molecule has 0 spiro atoms. The number of ether oxygens (including phenoxy) is 1. The van der Waals surface area contributed by atoms with Crippen molar-refractivity contribution in [2.45, 2.75) is 12.8 Å². The molecule has 1 N–H and O–H groups in total. The molecular formula is C8H14O3. The van der Waals surface area contributed by atoms with E-state index in [1.807, 2.05) is 0 Å². The zero-order valence-electron chi connectivity index (χ0n) is 6.75. The van der Waals surface area contributed by atoms with Crippen LogP contribution in [0.2, 0.25) is 0 Å². The lowest BCUT2D eigenvalue weighted by atomic mass is 10.0. The Bertz CT molecular complexity index is 131. The monoisotopic (exact) mass is 158 g/mol. The molecule has 3 nitrogen and oxygen atoms in total. The van der Waals surface area contributed by atoms with E-state index in [2.05, 4.69) is 11.3 Å². The molecule has 0 amide bonds. The van der Waals surface area contributed by atoms with E-state index in [4.69, 9.17) is 5.11 Å². The summed E-state index contributed by atoms with van der Waals surface area (Å²) in [5.74, 6) is -0.513. The number of hydrogen-bond donors (Lipinski definition) is 1. The van der Waals surface area contributed by atoms with Gasteiger partial charge in [0, 0.05) is 6.61 Å². The van der Waals surface area contributed by atoms with Crippen molar-refractivity contribution in [1.82, 2.24) is 0 Å². The van der Waals surface area contributed by atoms with Crippen LogP contribution in [0, 0.1) is 5.92 Å². The molecule has 0 aliphatic heterocycles. The summed E-state index contributed by atoms with van der Waals surface area (Å²) in [7, 11) is 1.34. The average molecular weight is 158 g/mol. The molecule has 0 aromatic carbocycles. The second-order valence-electron chi connectivity index (χ2n) is 2.26. The Hall–Kier alpha value is -0.830. The van der Waals surface area contributed by atoms with E-state index in [9.17, 15) is 4.79 Å². The van der Waals surface area contributed by atoms with Crippen LogP contribution < -0.4 is 0 Å². The molecule has 0 fully saturated rings. The van der Waals surface area contributed by atoms with Gasteiger partial charge in [-0.1, -0.05) is 6.08 Å². The fourth-order valence-electron chi connectivity index (χ4n) is 0.856. The zero-order valence-corrected chi connectivity index (χ0v) is 6.75. The van der Waals surface area contributed by atoms with Gasteiger partial charge in [-0.2, -0.15) is 0 Å². The van der Waals surface area contributed by atoms with E-state index in [-0.39, 0.29) is 18.5 Å². The maximum atomic E-state index is 10.9. The highest BCUT2D eigenvalue weighted by Gasteiger charge is 2.15. The van der Waals surface area contributed by atoms with Crippen molar-refractivity contribution < 1.29 is 14.6 Å². The Morgan fingerprint density at radius 2 is 2.45 bits per heavy atom. The number of carbonyl (C=O) groups is 1. The van der Waals surface area contributed by atoms with Gasteiger partial charge < -0.3 is 9.84 Å². The minimum atomic E-state index is -0.279. The summed E-state index contributed by atoms with van der Waals surface area (Å²) >= 11 is 0. The van der Waals surface area contributed by atoms with Crippen LogP contribution in [-0.4, -0.2) is 24.8 Å². The maximum Gasteiger partial charge on any atom is 0.309 e. The Kier molecular flexibility index (Phi) is 5.47. The fourth-order valence-corrected chi connectivity index (χ4v) is 0.856. The Morgan fingerprint density at radius 3 is 2.82 bits per heavy atom. The van der Waals surface area contributed by atoms with Gasteiger partial charge >= 0.3 is 5.97 Å². The second-order valence-corrected chi connectivity index (χ2v) is 2.26. The van der Waals surface area contributed by atoms with E-state index < -0.39 is 0 Å². The molecule has 0 rings (SSSR count). The standard InChI is InChI=1S/C8H14O3/c1-3-4-7(5-6-9)8(10)11-2/h3,7,9H,1,4-6H2,2H3. The smallest absolute Gasteiger partial charge is 0.309 e. The summed E-state index contributed by atoms with van der Waals surface area (Å²) in [5.41, 5.74) is 0. The fraction of sp³-hybridized carbons (Fsp3) is 0.625. The van der Waals surface area contributed by atoms with Gasteiger partial charge in [0.25, 0.3) is 0 Å². The third-order valence-corrected chi connectivity index (χ3v) is 1.46. The number of aliphatic hydroxyl groups is 1. The molecule has 1 unspecified atom stereocenters. The summed E-state index contributed by atoms with van der Waals surface area (Å²) < 4.78 is 4.52. The number of aliphatic hydroxyl groups excluding tert-OH is 1. The lowest BCUT2D eigenvalue weighted by molar-refractivity contribution is -0.145. The van der Waals surface area contributed by atoms with Crippen LogP contribution in [0.25, 0.3) is 0 Å². The Morgan fingerprint density at radius 1 is 1.82 bits per heavy atom. The zero-order chi connectivity index (χ0) is 8.69. The van der Waals surface area contributed by atoms with Gasteiger partial charge in [0.05, 0.1) is 13.0 Å². The second kappa shape index (κ2) is 5.92. The third kappa shape index (κ3) is 3.78. The Balaban J connectivity index is 3.86. The van der Waals surface area contributed by atoms with Crippen LogP contribution in [0.5, 0.6) is 0 Å². The van der Waals surface area contributed by atoms with Crippen molar-refractivity contribution in [2.24, 2.45) is 5.92 Å². The summed E-state index contributed by atoms with van der Waals surface area (Å²) in [6.45, 7) is 3.52. The van der Waals surface area contributed by atoms with Crippen LogP contribution in [-0.2, 0) is 9.53 Å². The summed E-state index contributed by atoms with van der Waals surface area (Å²) in [6.07, 6.45) is 2.66. The van der Waals surface area contributed by atoms with Crippen LogP contribution in [0.1, 0.15) is 12.8 Å². The highest BCUT2D eigenvalue weighted by Crippen LogP contribution is 2.09. The number of rotatable bonds is 5. The molecule has 0 heterocycles. The van der Waals surface area contributed by atoms with E-state index in [1.165, 1.54) is 7.11 Å². The van der Waals surface area contributed by atoms with Crippen LogP contribution in [0.15, 0.2) is 12.7 Å². The number of hydrogen-bond acceptors (Lipinski definition) is 3. The molecule has 0 saturated carbocycles. The molecule has 0 saturated heterocycles. The van der Waals surface area contributed by atoms with Gasteiger partial charge in [-0.3, -0.25) is 4.79 Å². The summed E-state index contributed by atoms with van der Waals surface area (Å²) in [5, 5.41) is 8.57. The van der Waals surface area contributed by atoms with Crippen molar-refractivity contribution in [1.29, 1.82) is 0 Å². The topological polar surface area (TPSA) is 46.5 Å². The molecule has 0 aromatic rings. The average Bonchev–Trinajstić information content (AvgIpc) is 2.03. The SMILES string of the molecule is C=CCC(CCO)C(=O)OC. The van der Waals surface area contributed by atoms with E-state index in [0.29, 0.717) is 12.8 Å². The first-order chi connectivity index (χ1) is 5.26. The van der Waals surface area contributed by atoms with Crippen LogP contribution >= 0.6 is 0 Å². The lowest BCUT2D eigenvalue weighted by Gasteiger charge is -2.09. The number of carbonyl (C=O) groups excluding carboxylic acids is 1. The molecule has 64 valence electrons. The van der Waals surface area contributed by atoms with Gasteiger partial charge in [0.15, 0.2) is 0 Å². The maximum absolute atomic E-state index is 10.9. The molecule has 0 aliphatic carbocycles. The number of esters is 1. The van der Waals surface area contributed by atoms with Gasteiger partial charge in [-0.05, 0) is 12.8 Å². The van der Waals surface area contributed by atoms with Gasteiger partial charge in [-0.25, -0.2) is 0 Å². The predicted octanol–water partition coefficient (Wildman–Crippen LogP) is 0.734. The minimum absolute atomic E-state index is 0.00755. The van der Waals surface area contributed by atoms with Gasteiger partial charge in [-0.15, -0.1) is 6.58 Å². The summed E-state index contributed by atoms with van der Waals surface area (Å²) in [6, 6.07) is 0. The predicted molar refractivity (Wildman–Crippen MR) is 42.0 cm³/mol. The normalized spacial score (nSPS) is 12.2. The van der Waals surface area contributed by atoms with E-state index >= 15 is 0 Å². The van der Waals surface area contributed by atoms with Crippen LogP contribution in [0.4, 0.5) is 0 Å². The lowest BCUT2D eigenvalue weighted by Crippen LogP contribution is -2.16. The molecule has 0 aromatic heterocycles. The van der Waals surface area contributed by atoms with Crippen LogP contribution in [0.3, 0.4) is 0 Å². The molecule has 0 aliphatic rings. The quantitative estimate of drug-likeness (QED) is 0.474. The highest BCUT2D eigenvalue weighted by atomic mass is 16.5. The molecule has 3 heteroatoms. The Labute approximate surface area is 66.7 Å². The summed E-state index contributed by atoms with van der Waals surface area (Å²) in [4.78, 5) is 10.9. The van der Waals surface area contributed by atoms with E-state index in [0.717, 1.165) is 0 Å². The van der Waals surface area contributed by atoms with Crippen molar-refractivity contribution in [3.05, 3.63) is 12.7 Å². The number of allylic oxidation sites excluding steroid dienone is 1. The highest BCUT2D eigenvalue weighted by molar-refractivity contribution is 5.72. The largest absolute Gasteiger partial charge is 0.469 e. The third-order valence-electron chi connectivity index (χ3n) is 1.46. The molecule has 0 radical (unpaired) electrons. The van der Waals surface area contributed by atoms with Crippen molar-refractivity contribution >= 4 is 5.97 Å². The van der Waals surface area contributed by atoms with Gasteiger partial charge in [0.2, 0.25) is 0 Å². The van der Waals surface area contributed by atoms with E-state index in [1.54, 1.807) is 6.08 Å². The number of methoxy groups -OCH3 is 1. The molecule has 1 atom stereocenters. The first kappa shape index (κ1) is 10.2. The first-order valence-electron chi connectivity index (χ1n) is 3.55. The molecular weight excluding hydrogens is 144 g/mol. The first-order valence-corrected chi connectivity index (χ1v) is 3.55. The van der Waals surface area contributed by atoms with Crippen molar-refractivity contribution in [3.63, 3.8) is 0 Å². The minimum Gasteiger partial charge on any atom is -0.469 e. The molecule has 11 heavy (non-hydrogen) atoms. The molecule has 0 bridgehead atoms.